The van der Waals surface area contributed by atoms with Gasteiger partial charge in [0.1, 0.15) is 0 Å². The van der Waals surface area contributed by atoms with Gasteiger partial charge in [-0.3, -0.25) is 9.69 Å². The molecule has 0 rings (SSSR count). The second-order valence-electron chi connectivity index (χ2n) is 3.90. The van der Waals surface area contributed by atoms with Gasteiger partial charge in [0.05, 0.1) is 5.92 Å². The van der Waals surface area contributed by atoms with Crippen molar-refractivity contribution in [2.24, 2.45) is 5.92 Å². The summed E-state index contributed by atoms with van der Waals surface area (Å²) in [5.41, 5.74) is 0. The molecule has 0 spiro atoms. The first-order valence-electron chi connectivity index (χ1n) is 5.51. The van der Waals surface area contributed by atoms with Crippen LogP contribution in [0.25, 0.3) is 0 Å². The van der Waals surface area contributed by atoms with E-state index in [9.17, 15) is 4.79 Å². The predicted octanol–water partition coefficient (Wildman–Crippen LogP) is 2.22. The normalized spacial score (nSPS) is 15.5. The quantitative estimate of drug-likeness (QED) is 0.686. The highest BCUT2D eigenvalue weighted by atomic mass is 16.4. The minimum Gasteiger partial charge on any atom is -0.481 e. The van der Waals surface area contributed by atoms with E-state index in [1.807, 2.05) is 6.92 Å². The summed E-state index contributed by atoms with van der Waals surface area (Å²) < 4.78 is 0. The van der Waals surface area contributed by atoms with Gasteiger partial charge in [-0.25, -0.2) is 0 Å². The fourth-order valence-electron chi connectivity index (χ4n) is 1.62. The summed E-state index contributed by atoms with van der Waals surface area (Å²) in [6.45, 7) is 10.0. The average molecular weight is 201 g/mol. The van der Waals surface area contributed by atoms with E-state index in [0.717, 1.165) is 25.9 Å². The molecule has 1 unspecified atom stereocenters. The Kier molecular flexibility index (Phi) is 6.54. The maximum atomic E-state index is 10.8. The van der Waals surface area contributed by atoms with Gasteiger partial charge in [0.25, 0.3) is 0 Å². The Balaban J connectivity index is 4.25. The van der Waals surface area contributed by atoms with Gasteiger partial charge >= 0.3 is 5.97 Å². The van der Waals surface area contributed by atoms with E-state index in [4.69, 9.17) is 5.11 Å². The van der Waals surface area contributed by atoms with E-state index < -0.39 is 5.97 Å². The van der Waals surface area contributed by atoms with Gasteiger partial charge in [-0.2, -0.15) is 0 Å². The smallest absolute Gasteiger partial charge is 0.307 e. The molecule has 0 aliphatic heterocycles. The Hall–Kier alpha value is -0.570. The standard InChI is InChI=1S/C11H23NO2/c1-5-7-12(8-6-2)10(4)9(3)11(13)14/h9-10H,5-8H2,1-4H3,(H,13,14)/t9?,10-/m1/s1. The lowest BCUT2D eigenvalue weighted by molar-refractivity contribution is -0.143. The molecular weight excluding hydrogens is 178 g/mol. The summed E-state index contributed by atoms with van der Waals surface area (Å²) in [7, 11) is 0. The van der Waals surface area contributed by atoms with Crippen molar-refractivity contribution in [3.63, 3.8) is 0 Å². The molecule has 0 aliphatic rings. The molecular formula is C11H23NO2. The first-order chi connectivity index (χ1) is 6.54. The molecule has 0 saturated heterocycles. The Morgan fingerprint density at radius 1 is 1.21 bits per heavy atom. The van der Waals surface area contributed by atoms with Crippen molar-refractivity contribution in [2.75, 3.05) is 13.1 Å². The molecule has 0 amide bonds. The summed E-state index contributed by atoms with van der Waals surface area (Å²) in [5.74, 6) is -0.984. The van der Waals surface area contributed by atoms with Crippen molar-refractivity contribution in [3.8, 4) is 0 Å². The van der Waals surface area contributed by atoms with E-state index >= 15 is 0 Å². The predicted molar refractivity (Wildman–Crippen MR) is 58.4 cm³/mol. The summed E-state index contributed by atoms with van der Waals surface area (Å²) in [6.07, 6.45) is 2.16. The fraction of sp³-hybridized carbons (Fsp3) is 0.909. The van der Waals surface area contributed by atoms with Crippen LogP contribution in [0.1, 0.15) is 40.5 Å². The topological polar surface area (TPSA) is 40.5 Å². The Morgan fingerprint density at radius 3 is 1.93 bits per heavy atom. The number of carboxylic acid groups (broad SMARTS) is 1. The molecule has 0 bridgehead atoms. The summed E-state index contributed by atoms with van der Waals surface area (Å²) in [4.78, 5) is 13.1. The van der Waals surface area contributed by atoms with Gasteiger partial charge in [0, 0.05) is 6.04 Å². The molecule has 14 heavy (non-hydrogen) atoms. The van der Waals surface area contributed by atoms with Gasteiger partial charge in [-0.15, -0.1) is 0 Å². The van der Waals surface area contributed by atoms with E-state index in [1.165, 1.54) is 0 Å². The fourth-order valence-corrected chi connectivity index (χ4v) is 1.62. The number of carboxylic acids is 1. The third-order valence-corrected chi connectivity index (χ3v) is 2.71. The zero-order chi connectivity index (χ0) is 11.1. The first kappa shape index (κ1) is 13.4. The van der Waals surface area contributed by atoms with Crippen LogP contribution in [0.15, 0.2) is 0 Å². The molecule has 1 N–H and O–H groups in total. The monoisotopic (exact) mass is 201 g/mol. The van der Waals surface area contributed by atoms with Crippen LogP contribution in [0.5, 0.6) is 0 Å². The Labute approximate surface area is 87.1 Å². The van der Waals surface area contributed by atoms with Crippen LogP contribution in [0.4, 0.5) is 0 Å². The van der Waals surface area contributed by atoms with Crippen LogP contribution < -0.4 is 0 Å². The van der Waals surface area contributed by atoms with E-state index in [-0.39, 0.29) is 12.0 Å². The number of hydrogen-bond donors (Lipinski definition) is 1. The van der Waals surface area contributed by atoms with Crippen LogP contribution in [0.3, 0.4) is 0 Å². The molecule has 0 aromatic carbocycles. The summed E-state index contributed by atoms with van der Waals surface area (Å²) in [5, 5.41) is 8.91. The van der Waals surface area contributed by atoms with Gasteiger partial charge < -0.3 is 5.11 Å². The lowest BCUT2D eigenvalue weighted by atomic mass is 10.0. The van der Waals surface area contributed by atoms with Gasteiger partial charge in [-0.1, -0.05) is 20.8 Å². The molecule has 0 aromatic heterocycles. The molecule has 0 fully saturated rings. The minimum absolute atomic E-state index is 0.132. The Bertz CT molecular complexity index is 165. The molecule has 3 nitrogen and oxygen atoms in total. The second kappa shape index (κ2) is 6.82. The third-order valence-electron chi connectivity index (χ3n) is 2.71. The summed E-state index contributed by atoms with van der Waals surface area (Å²) in [6, 6.07) is 0.132. The van der Waals surface area contributed by atoms with Crippen LogP contribution >= 0.6 is 0 Å². The van der Waals surface area contributed by atoms with Crippen LogP contribution in [0.2, 0.25) is 0 Å². The van der Waals surface area contributed by atoms with Gasteiger partial charge in [0.2, 0.25) is 0 Å². The maximum Gasteiger partial charge on any atom is 0.307 e. The molecule has 0 radical (unpaired) electrons. The van der Waals surface area contributed by atoms with Crippen molar-refractivity contribution in [2.45, 2.75) is 46.6 Å². The average Bonchev–Trinajstić information content (AvgIpc) is 2.15. The number of rotatable bonds is 7. The van der Waals surface area contributed by atoms with Crippen LogP contribution in [-0.2, 0) is 4.79 Å². The lowest BCUT2D eigenvalue weighted by Gasteiger charge is -2.30. The largest absolute Gasteiger partial charge is 0.481 e. The molecule has 84 valence electrons. The molecule has 3 heteroatoms. The second-order valence-corrected chi connectivity index (χ2v) is 3.90. The van der Waals surface area contributed by atoms with E-state index in [0.29, 0.717) is 0 Å². The summed E-state index contributed by atoms with van der Waals surface area (Å²) >= 11 is 0. The molecule has 0 aliphatic carbocycles. The zero-order valence-electron chi connectivity index (χ0n) is 9.79. The highest BCUT2D eigenvalue weighted by molar-refractivity contribution is 5.70. The number of carbonyl (C=O) groups is 1. The molecule has 0 heterocycles. The molecule has 0 aromatic rings. The van der Waals surface area contributed by atoms with Crippen molar-refractivity contribution in [1.29, 1.82) is 0 Å². The van der Waals surface area contributed by atoms with Gasteiger partial charge in [-0.05, 0) is 32.9 Å². The maximum absolute atomic E-state index is 10.8. The van der Waals surface area contributed by atoms with E-state index in [1.54, 1.807) is 6.92 Å². The van der Waals surface area contributed by atoms with Crippen molar-refractivity contribution >= 4 is 5.97 Å². The Morgan fingerprint density at radius 2 is 1.64 bits per heavy atom. The van der Waals surface area contributed by atoms with Gasteiger partial charge in [0.15, 0.2) is 0 Å². The first-order valence-corrected chi connectivity index (χ1v) is 5.51. The van der Waals surface area contributed by atoms with Crippen molar-refractivity contribution in [1.82, 2.24) is 4.90 Å². The minimum atomic E-state index is -0.699. The van der Waals surface area contributed by atoms with Crippen molar-refractivity contribution in [3.05, 3.63) is 0 Å². The van der Waals surface area contributed by atoms with Crippen LogP contribution in [-0.4, -0.2) is 35.1 Å². The van der Waals surface area contributed by atoms with Crippen molar-refractivity contribution < 1.29 is 9.90 Å². The van der Waals surface area contributed by atoms with E-state index in [2.05, 4.69) is 18.7 Å². The zero-order valence-corrected chi connectivity index (χ0v) is 9.79. The van der Waals surface area contributed by atoms with Crippen LogP contribution in [0, 0.1) is 5.92 Å². The molecule has 2 atom stereocenters. The molecule has 0 saturated carbocycles. The highest BCUT2D eigenvalue weighted by Gasteiger charge is 2.23. The lowest BCUT2D eigenvalue weighted by Crippen LogP contribution is -2.41. The third kappa shape index (κ3) is 4.09. The number of aliphatic carboxylic acids is 1. The SMILES string of the molecule is CCCN(CCC)[C@H](C)C(C)C(=O)O. The number of hydrogen-bond acceptors (Lipinski definition) is 2. The highest BCUT2D eigenvalue weighted by Crippen LogP contribution is 2.12. The number of nitrogens with zero attached hydrogens (tertiary/aromatic N) is 1.